The molecule has 3 heteroatoms. The lowest BCUT2D eigenvalue weighted by atomic mass is 10.2. The largest absolute Gasteiger partial charge is 0.393 e. The first-order valence-electron chi connectivity index (χ1n) is 4.63. The molecule has 0 aromatic carbocycles. The molecule has 0 amide bonds. The third-order valence-corrected chi connectivity index (χ3v) is 1.81. The van der Waals surface area contributed by atoms with Crippen molar-refractivity contribution in [2.75, 3.05) is 13.2 Å². The number of thiocarbonyl (C=S) groups is 1. The Morgan fingerprint density at radius 1 is 1.25 bits per heavy atom. The van der Waals surface area contributed by atoms with E-state index >= 15 is 0 Å². The van der Waals surface area contributed by atoms with E-state index in [1.165, 1.54) is 6.42 Å². The molecule has 0 atom stereocenters. The van der Waals surface area contributed by atoms with E-state index in [0.717, 1.165) is 38.9 Å². The van der Waals surface area contributed by atoms with Crippen LogP contribution in [0.2, 0.25) is 0 Å². The highest BCUT2D eigenvalue weighted by Gasteiger charge is 1.91. The lowest BCUT2D eigenvalue weighted by molar-refractivity contribution is 0.128. The number of hydrogen-bond acceptors (Lipinski definition) is 2. The zero-order chi connectivity index (χ0) is 9.23. The Morgan fingerprint density at radius 2 is 1.92 bits per heavy atom. The van der Waals surface area contributed by atoms with Crippen LogP contribution in [0.25, 0.3) is 0 Å². The van der Waals surface area contributed by atoms with Gasteiger partial charge in [-0.25, -0.2) is 0 Å². The third kappa shape index (κ3) is 9.85. The average Bonchev–Trinajstić information content (AvgIpc) is 2.02. The predicted octanol–water partition coefficient (Wildman–Crippen LogP) is 2.26. The molecule has 0 spiro atoms. The molecule has 0 bridgehead atoms. The van der Waals surface area contributed by atoms with Gasteiger partial charge in [0.1, 0.15) is 0 Å². The molecule has 72 valence electrons. The van der Waals surface area contributed by atoms with E-state index in [1.54, 1.807) is 0 Å². The first-order valence-corrected chi connectivity index (χ1v) is 5.04. The maximum Gasteiger partial charge on any atom is 0.0727 e. The van der Waals surface area contributed by atoms with Gasteiger partial charge in [-0.05, 0) is 25.7 Å². The molecule has 0 heterocycles. The molecular weight excluding hydrogens is 170 g/mol. The highest BCUT2D eigenvalue weighted by Crippen LogP contribution is 1.97. The molecule has 0 rings (SSSR count). The van der Waals surface area contributed by atoms with Crippen LogP contribution in [0.3, 0.4) is 0 Å². The van der Waals surface area contributed by atoms with Crippen LogP contribution in [-0.2, 0) is 4.74 Å². The van der Waals surface area contributed by atoms with Crippen LogP contribution in [0.1, 0.15) is 39.0 Å². The smallest absolute Gasteiger partial charge is 0.0727 e. The van der Waals surface area contributed by atoms with Crippen molar-refractivity contribution >= 4 is 17.2 Å². The van der Waals surface area contributed by atoms with Crippen molar-refractivity contribution < 1.29 is 4.74 Å². The minimum atomic E-state index is 0.614. The summed E-state index contributed by atoms with van der Waals surface area (Å²) in [5, 5.41) is 0. The second-order valence-corrected chi connectivity index (χ2v) is 3.41. The molecule has 12 heavy (non-hydrogen) atoms. The highest BCUT2D eigenvalue weighted by atomic mass is 32.1. The van der Waals surface area contributed by atoms with Gasteiger partial charge in [0.25, 0.3) is 0 Å². The molecule has 0 saturated heterocycles. The van der Waals surface area contributed by atoms with Crippen LogP contribution in [0.15, 0.2) is 0 Å². The van der Waals surface area contributed by atoms with Gasteiger partial charge in [-0.15, -0.1) is 0 Å². The summed E-state index contributed by atoms with van der Waals surface area (Å²) in [7, 11) is 0. The van der Waals surface area contributed by atoms with Crippen molar-refractivity contribution in [2.24, 2.45) is 5.73 Å². The van der Waals surface area contributed by atoms with E-state index in [1.807, 2.05) is 0 Å². The van der Waals surface area contributed by atoms with Crippen LogP contribution in [0.5, 0.6) is 0 Å². The van der Waals surface area contributed by atoms with Crippen LogP contribution < -0.4 is 5.73 Å². The van der Waals surface area contributed by atoms with Gasteiger partial charge < -0.3 is 10.5 Å². The topological polar surface area (TPSA) is 35.2 Å². The molecule has 0 aliphatic carbocycles. The first kappa shape index (κ1) is 11.8. The minimum Gasteiger partial charge on any atom is -0.393 e. The van der Waals surface area contributed by atoms with Gasteiger partial charge in [-0.1, -0.05) is 25.6 Å². The quantitative estimate of drug-likeness (QED) is 0.470. The zero-order valence-electron chi connectivity index (χ0n) is 7.84. The molecular formula is C9H19NOS. The average molecular weight is 189 g/mol. The van der Waals surface area contributed by atoms with Gasteiger partial charge in [0.05, 0.1) is 4.99 Å². The molecule has 0 aliphatic rings. The lowest BCUT2D eigenvalue weighted by Crippen LogP contribution is -2.07. The molecule has 0 aliphatic heterocycles. The van der Waals surface area contributed by atoms with Crippen LogP contribution >= 0.6 is 12.2 Å². The molecule has 2 N–H and O–H groups in total. The lowest BCUT2D eigenvalue weighted by Gasteiger charge is -2.02. The van der Waals surface area contributed by atoms with Crippen molar-refractivity contribution in [3.05, 3.63) is 0 Å². The van der Waals surface area contributed by atoms with Crippen molar-refractivity contribution in [1.29, 1.82) is 0 Å². The molecule has 0 radical (unpaired) electrons. The monoisotopic (exact) mass is 189 g/mol. The Balaban J connectivity index is 2.86. The summed E-state index contributed by atoms with van der Waals surface area (Å²) in [5.41, 5.74) is 5.35. The van der Waals surface area contributed by atoms with Gasteiger partial charge in [0, 0.05) is 13.2 Å². The van der Waals surface area contributed by atoms with E-state index in [0.29, 0.717) is 4.99 Å². The Labute approximate surface area is 80.5 Å². The predicted molar refractivity (Wildman–Crippen MR) is 56.4 cm³/mol. The fourth-order valence-electron chi connectivity index (χ4n) is 0.852. The van der Waals surface area contributed by atoms with Crippen LogP contribution in [-0.4, -0.2) is 18.2 Å². The number of nitrogens with two attached hydrogens (primary N) is 1. The summed E-state index contributed by atoms with van der Waals surface area (Å²) < 4.78 is 5.37. The Hall–Kier alpha value is -0.150. The van der Waals surface area contributed by atoms with Crippen LogP contribution in [0.4, 0.5) is 0 Å². The Morgan fingerprint density at radius 3 is 2.50 bits per heavy atom. The first-order chi connectivity index (χ1) is 5.77. The summed E-state index contributed by atoms with van der Waals surface area (Å²) in [6, 6.07) is 0. The standard InChI is InChI=1S/C9H19NOS/c1-2-3-7-11-8-5-4-6-9(10)12/h2-8H2,1H3,(H2,10,12). The van der Waals surface area contributed by atoms with E-state index in [4.69, 9.17) is 22.7 Å². The zero-order valence-corrected chi connectivity index (χ0v) is 8.66. The van der Waals surface area contributed by atoms with Gasteiger partial charge >= 0.3 is 0 Å². The summed E-state index contributed by atoms with van der Waals surface area (Å²) >= 11 is 4.75. The van der Waals surface area contributed by atoms with E-state index in [2.05, 4.69) is 6.92 Å². The molecule has 0 aromatic rings. The summed E-state index contributed by atoms with van der Waals surface area (Å²) in [5.74, 6) is 0. The maximum atomic E-state index is 5.37. The van der Waals surface area contributed by atoms with Crippen LogP contribution in [0, 0.1) is 0 Å². The fraction of sp³-hybridized carbons (Fsp3) is 0.889. The van der Waals surface area contributed by atoms with Crippen molar-refractivity contribution in [1.82, 2.24) is 0 Å². The number of ether oxygens (including phenoxy) is 1. The van der Waals surface area contributed by atoms with Gasteiger partial charge in [0.15, 0.2) is 0 Å². The van der Waals surface area contributed by atoms with Crippen molar-refractivity contribution in [2.45, 2.75) is 39.0 Å². The number of hydrogen-bond donors (Lipinski definition) is 1. The van der Waals surface area contributed by atoms with Gasteiger partial charge in [-0.2, -0.15) is 0 Å². The SMILES string of the molecule is CCCCOCCCCC(N)=S. The second-order valence-electron chi connectivity index (χ2n) is 2.89. The second kappa shape index (κ2) is 8.94. The van der Waals surface area contributed by atoms with E-state index < -0.39 is 0 Å². The van der Waals surface area contributed by atoms with Gasteiger partial charge in [0.2, 0.25) is 0 Å². The Bertz CT molecular complexity index is 117. The Kier molecular flexibility index (Phi) is 8.83. The number of rotatable bonds is 8. The molecule has 0 unspecified atom stereocenters. The van der Waals surface area contributed by atoms with E-state index in [9.17, 15) is 0 Å². The maximum absolute atomic E-state index is 5.37. The summed E-state index contributed by atoms with van der Waals surface area (Å²) in [6.45, 7) is 3.91. The van der Waals surface area contributed by atoms with Crippen molar-refractivity contribution in [3.8, 4) is 0 Å². The summed E-state index contributed by atoms with van der Waals surface area (Å²) in [4.78, 5) is 0.614. The normalized spacial score (nSPS) is 10.1. The molecule has 0 aromatic heterocycles. The van der Waals surface area contributed by atoms with Gasteiger partial charge in [-0.3, -0.25) is 0 Å². The molecule has 2 nitrogen and oxygen atoms in total. The number of unbranched alkanes of at least 4 members (excludes halogenated alkanes) is 2. The molecule has 0 fully saturated rings. The van der Waals surface area contributed by atoms with E-state index in [-0.39, 0.29) is 0 Å². The minimum absolute atomic E-state index is 0.614. The fourth-order valence-corrected chi connectivity index (χ4v) is 0.996. The third-order valence-electron chi connectivity index (χ3n) is 1.60. The van der Waals surface area contributed by atoms with Crippen molar-refractivity contribution in [3.63, 3.8) is 0 Å². The highest BCUT2D eigenvalue weighted by molar-refractivity contribution is 7.80. The summed E-state index contributed by atoms with van der Waals surface area (Å²) in [6.07, 6.45) is 5.34. The molecule has 0 saturated carbocycles.